The SMILES string of the molecule is O=C(O)C1CCCc2sc(N3Cc4ccccc4C3)nc21. The lowest BCUT2D eigenvalue weighted by Gasteiger charge is -2.16. The Morgan fingerprint density at radius 2 is 2.00 bits per heavy atom. The van der Waals surface area contributed by atoms with Crippen LogP contribution in [0.15, 0.2) is 24.3 Å². The maximum atomic E-state index is 11.4. The summed E-state index contributed by atoms with van der Waals surface area (Å²) >= 11 is 1.68. The first-order valence-electron chi connectivity index (χ1n) is 7.26. The van der Waals surface area contributed by atoms with Crippen LogP contribution in [0.2, 0.25) is 0 Å². The summed E-state index contributed by atoms with van der Waals surface area (Å²) in [5, 5.41) is 10.3. The number of carbonyl (C=O) groups is 1. The van der Waals surface area contributed by atoms with E-state index in [1.165, 1.54) is 16.0 Å². The van der Waals surface area contributed by atoms with Crippen molar-refractivity contribution in [2.75, 3.05) is 4.90 Å². The van der Waals surface area contributed by atoms with Gasteiger partial charge in [-0.1, -0.05) is 24.3 Å². The molecule has 1 aliphatic carbocycles. The smallest absolute Gasteiger partial charge is 0.312 e. The van der Waals surface area contributed by atoms with Gasteiger partial charge in [-0.2, -0.15) is 0 Å². The molecule has 1 aliphatic heterocycles. The first kappa shape index (κ1) is 12.8. The molecule has 0 spiro atoms. The summed E-state index contributed by atoms with van der Waals surface area (Å²) in [6.07, 6.45) is 2.63. The molecular formula is C16H16N2O2S. The highest BCUT2D eigenvalue weighted by Gasteiger charge is 2.31. The lowest BCUT2D eigenvalue weighted by molar-refractivity contribution is -0.139. The van der Waals surface area contributed by atoms with Crippen molar-refractivity contribution in [1.29, 1.82) is 0 Å². The van der Waals surface area contributed by atoms with E-state index in [-0.39, 0.29) is 0 Å². The van der Waals surface area contributed by atoms with Crippen molar-refractivity contribution in [2.45, 2.75) is 38.3 Å². The van der Waals surface area contributed by atoms with Gasteiger partial charge in [0.25, 0.3) is 0 Å². The molecular weight excluding hydrogens is 284 g/mol. The number of thiazole rings is 1. The van der Waals surface area contributed by atoms with E-state index >= 15 is 0 Å². The summed E-state index contributed by atoms with van der Waals surface area (Å²) in [6, 6.07) is 8.44. The minimum Gasteiger partial charge on any atom is -0.481 e. The van der Waals surface area contributed by atoms with Crippen LogP contribution in [0.5, 0.6) is 0 Å². The molecule has 1 aromatic carbocycles. The van der Waals surface area contributed by atoms with Gasteiger partial charge in [0.15, 0.2) is 5.13 Å². The van der Waals surface area contributed by atoms with Crippen LogP contribution in [0.1, 0.15) is 40.5 Å². The van der Waals surface area contributed by atoms with Gasteiger partial charge in [0.05, 0.1) is 5.69 Å². The molecule has 0 saturated heterocycles. The molecule has 0 radical (unpaired) electrons. The number of carboxylic acids is 1. The number of aromatic nitrogens is 1. The molecule has 0 saturated carbocycles. The Balaban J connectivity index is 1.65. The van der Waals surface area contributed by atoms with Crippen LogP contribution >= 0.6 is 11.3 Å². The third-order valence-electron chi connectivity index (χ3n) is 4.35. The Morgan fingerprint density at radius 3 is 2.67 bits per heavy atom. The Kier molecular flexibility index (Phi) is 2.96. The molecule has 1 atom stereocenters. The fourth-order valence-corrected chi connectivity index (χ4v) is 4.41. The van der Waals surface area contributed by atoms with Gasteiger partial charge in [0.1, 0.15) is 5.92 Å². The highest BCUT2D eigenvalue weighted by atomic mass is 32.1. The van der Waals surface area contributed by atoms with Gasteiger partial charge in [-0.05, 0) is 30.4 Å². The van der Waals surface area contributed by atoms with Crippen molar-refractivity contribution < 1.29 is 9.90 Å². The lowest BCUT2D eigenvalue weighted by Crippen LogP contribution is -2.18. The van der Waals surface area contributed by atoms with Crippen LogP contribution in [0.25, 0.3) is 0 Å². The summed E-state index contributed by atoms with van der Waals surface area (Å²) in [6.45, 7) is 1.75. The molecule has 0 amide bonds. The zero-order valence-electron chi connectivity index (χ0n) is 11.6. The predicted molar refractivity (Wildman–Crippen MR) is 81.8 cm³/mol. The Bertz CT molecular complexity index is 685. The quantitative estimate of drug-likeness (QED) is 0.925. The monoisotopic (exact) mass is 300 g/mol. The minimum absolute atomic E-state index is 0.413. The minimum atomic E-state index is -0.738. The number of hydrogen-bond acceptors (Lipinski definition) is 4. The molecule has 1 unspecified atom stereocenters. The second-order valence-electron chi connectivity index (χ2n) is 5.71. The van der Waals surface area contributed by atoms with Gasteiger partial charge in [-0.15, -0.1) is 11.3 Å². The molecule has 0 bridgehead atoms. The summed E-state index contributed by atoms with van der Waals surface area (Å²) in [5.41, 5.74) is 3.51. The van der Waals surface area contributed by atoms with Gasteiger partial charge in [0.2, 0.25) is 0 Å². The average Bonchev–Trinajstić information content (AvgIpc) is 3.09. The van der Waals surface area contributed by atoms with Crippen molar-refractivity contribution in [2.24, 2.45) is 0 Å². The van der Waals surface area contributed by atoms with Crippen LogP contribution < -0.4 is 4.90 Å². The molecule has 4 rings (SSSR count). The molecule has 2 aliphatic rings. The lowest BCUT2D eigenvalue weighted by atomic mass is 9.91. The van der Waals surface area contributed by atoms with Crippen LogP contribution in [-0.4, -0.2) is 16.1 Å². The van der Waals surface area contributed by atoms with Gasteiger partial charge in [0, 0.05) is 18.0 Å². The second kappa shape index (κ2) is 4.84. The number of fused-ring (bicyclic) bond motifs is 2. The number of hydrogen-bond donors (Lipinski definition) is 1. The number of aryl methyl sites for hydroxylation is 1. The molecule has 108 valence electrons. The molecule has 4 nitrogen and oxygen atoms in total. The van der Waals surface area contributed by atoms with Gasteiger partial charge in [-0.3, -0.25) is 4.79 Å². The topological polar surface area (TPSA) is 53.4 Å². The first-order chi connectivity index (χ1) is 10.2. The van der Waals surface area contributed by atoms with E-state index in [4.69, 9.17) is 0 Å². The average molecular weight is 300 g/mol. The van der Waals surface area contributed by atoms with Crippen molar-refractivity contribution in [3.63, 3.8) is 0 Å². The van der Waals surface area contributed by atoms with E-state index in [1.807, 2.05) is 0 Å². The molecule has 1 aromatic heterocycles. The summed E-state index contributed by atoms with van der Waals surface area (Å²) in [7, 11) is 0. The number of aliphatic carboxylic acids is 1. The number of benzene rings is 1. The van der Waals surface area contributed by atoms with Crippen molar-refractivity contribution in [3.05, 3.63) is 46.0 Å². The molecule has 5 heteroatoms. The molecule has 1 N–H and O–H groups in total. The Hall–Kier alpha value is -1.88. The van der Waals surface area contributed by atoms with E-state index in [1.54, 1.807) is 11.3 Å². The summed E-state index contributed by atoms with van der Waals surface area (Å²) in [4.78, 5) is 19.5. The maximum absolute atomic E-state index is 11.4. The fourth-order valence-electron chi connectivity index (χ4n) is 3.25. The van der Waals surface area contributed by atoms with Crippen LogP contribution in [0.4, 0.5) is 5.13 Å². The van der Waals surface area contributed by atoms with E-state index in [9.17, 15) is 9.90 Å². The number of anilines is 1. The van der Waals surface area contributed by atoms with Crippen molar-refractivity contribution in [3.8, 4) is 0 Å². The van der Waals surface area contributed by atoms with E-state index in [2.05, 4.69) is 34.1 Å². The van der Waals surface area contributed by atoms with Crippen LogP contribution in [0, 0.1) is 0 Å². The Labute approximate surface area is 127 Å². The van der Waals surface area contributed by atoms with Crippen molar-refractivity contribution >= 4 is 22.4 Å². The predicted octanol–water partition coefficient (Wildman–Crippen LogP) is 3.17. The summed E-state index contributed by atoms with van der Waals surface area (Å²) < 4.78 is 0. The fraction of sp³-hybridized carbons (Fsp3) is 0.375. The van der Waals surface area contributed by atoms with E-state index in [0.717, 1.165) is 36.8 Å². The zero-order valence-corrected chi connectivity index (χ0v) is 12.4. The van der Waals surface area contributed by atoms with Gasteiger partial charge in [-0.25, -0.2) is 4.98 Å². The first-order valence-corrected chi connectivity index (χ1v) is 8.08. The van der Waals surface area contributed by atoms with E-state index < -0.39 is 11.9 Å². The van der Waals surface area contributed by atoms with Crippen molar-refractivity contribution in [1.82, 2.24) is 4.98 Å². The third-order valence-corrected chi connectivity index (χ3v) is 5.54. The second-order valence-corrected chi connectivity index (χ2v) is 6.77. The molecule has 0 fully saturated rings. The molecule has 21 heavy (non-hydrogen) atoms. The maximum Gasteiger partial charge on any atom is 0.312 e. The molecule has 2 aromatic rings. The normalized spacial score (nSPS) is 20.2. The molecule has 2 heterocycles. The number of nitrogens with zero attached hydrogens (tertiary/aromatic N) is 2. The highest BCUT2D eigenvalue weighted by Crippen LogP contribution is 2.40. The van der Waals surface area contributed by atoms with Gasteiger partial charge < -0.3 is 10.0 Å². The summed E-state index contributed by atoms with van der Waals surface area (Å²) in [5.74, 6) is -1.15. The number of carboxylic acid groups (broad SMARTS) is 1. The standard InChI is InChI=1S/C16H16N2O2S/c19-15(20)12-6-3-7-13-14(12)17-16(21-13)18-8-10-4-1-2-5-11(10)9-18/h1-2,4-5,12H,3,6-9H2,(H,19,20). The van der Waals surface area contributed by atoms with E-state index in [0.29, 0.717) is 6.42 Å². The number of rotatable bonds is 2. The largest absolute Gasteiger partial charge is 0.481 e. The Morgan fingerprint density at radius 1 is 1.29 bits per heavy atom. The zero-order chi connectivity index (χ0) is 14.4. The van der Waals surface area contributed by atoms with Gasteiger partial charge >= 0.3 is 5.97 Å². The van der Waals surface area contributed by atoms with Crippen LogP contribution in [-0.2, 0) is 24.3 Å². The third kappa shape index (κ3) is 2.12. The van der Waals surface area contributed by atoms with Crippen LogP contribution in [0.3, 0.4) is 0 Å². The highest BCUT2D eigenvalue weighted by molar-refractivity contribution is 7.15.